The first-order chi connectivity index (χ1) is 17.3. The Morgan fingerprint density at radius 2 is 1.69 bits per heavy atom. The lowest BCUT2D eigenvalue weighted by atomic mass is 10.2. The first-order valence-electron chi connectivity index (χ1n) is 13.2. The smallest absolute Gasteiger partial charge is 0.107 e. The van der Waals surface area contributed by atoms with E-state index >= 15 is 0 Å². The van der Waals surface area contributed by atoms with Gasteiger partial charge in [-0.3, -0.25) is 15.7 Å². The molecule has 4 rings (SSSR count). The van der Waals surface area contributed by atoms with Crippen LogP contribution in [0.1, 0.15) is 58.8 Å². The molecule has 2 aromatic heterocycles. The van der Waals surface area contributed by atoms with Gasteiger partial charge in [0.1, 0.15) is 11.3 Å². The van der Waals surface area contributed by atoms with Gasteiger partial charge in [-0.2, -0.15) is 4.41 Å². The molecule has 0 radical (unpaired) electrons. The Kier molecular flexibility index (Phi) is 14.0. The number of morpholine rings is 1. The first-order valence-corrected chi connectivity index (χ1v) is 14.0. The van der Waals surface area contributed by atoms with Crippen molar-refractivity contribution in [3.05, 3.63) is 54.1 Å². The lowest BCUT2D eigenvalue weighted by Crippen LogP contribution is -2.41. The summed E-state index contributed by atoms with van der Waals surface area (Å²) in [6.07, 6.45) is 6.26. The zero-order valence-electron chi connectivity index (χ0n) is 23.1. The van der Waals surface area contributed by atoms with Gasteiger partial charge in [-0.15, -0.1) is 0 Å². The van der Waals surface area contributed by atoms with Crippen LogP contribution >= 0.6 is 11.9 Å². The van der Waals surface area contributed by atoms with E-state index in [-0.39, 0.29) is 0 Å². The average molecular weight is 515 g/mol. The number of rotatable bonds is 8. The molecule has 1 saturated heterocycles. The number of fused-ring (bicyclic) bond motifs is 1. The van der Waals surface area contributed by atoms with Gasteiger partial charge in [0.15, 0.2) is 0 Å². The second kappa shape index (κ2) is 16.7. The van der Waals surface area contributed by atoms with Gasteiger partial charge in [-0.05, 0) is 48.6 Å². The van der Waals surface area contributed by atoms with Crippen LogP contribution in [0.5, 0.6) is 0 Å². The Morgan fingerprint density at radius 1 is 1.06 bits per heavy atom. The van der Waals surface area contributed by atoms with E-state index in [1.165, 1.54) is 18.4 Å². The number of aryl methyl sites for hydroxylation is 1. The zero-order chi connectivity index (χ0) is 26.3. The summed E-state index contributed by atoms with van der Waals surface area (Å²) in [5.74, 6) is 8.00. The maximum atomic E-state index is 6.17. The molecule has 0 amide bonds. The van der Waals surface area contributed by atoms with Crippen molar-refractivity contribution >= 4 is 23.0 Å². The van der Waals surface area contributed by atoms with Crippen LogP contribution in [0.2, 0.25) is 0 Å². The molecule has 1 aromatic carbocycles. The molecule has 1 aliphatic rings. The molecule has 1 aliphatic heterocycles. The summed E-state index contributed by atoms with van der Waals surface area (Å²) in [4.78, 5) is 12.3. The third-order valence-corrected chi connectivity index (χ3v) is 6.37. The second-order valence-electron chi connectivity index (χ2n) is 9.67. The Labute approximate surface area is 222 Å². The minimum Gasteiger partial charge on any atom is -0.379 e. The fraction of sp³-hybridized carbons (Fsp3) is 0.571. The van der Waals surface area contributed by atoms with Gasteiger partial charge in [0.25, 0.3) is 0 Å². The average Bonchev–Trinajstić information content (AvgIpc) is 3.19. The van der Waals surface area contributed by atoms with E-state index in [1.54, 1.807) is 11.9 Å². The van der Waals surface area contributed by atoms with Crippen LogP contribution in [0, 0.1) is 12.8 Å². The number of hydrogen-bond acceptors (Lipinski definition) is 7. The maximum Gasteiger partial charge on any atom is 0.107 e. The quantitative estimate of drug-likeness (QED) is 0.232. The Balaban J connectivity index is 0.000000501. The second-order valence-corrected chi connectivity index (χ2v) is 10.8. The van der Waals surface area contributed by atoms with E-state index in [0.29, 0.717) is 0 Å². The Hall–Kier alpha value is -1.97. The monoisotopic (exact) mass is 514 g/mol. The minimum absolute atomic E-state index is 0.792. The summed E-state index contributed by atoms with van der Waals surface area (Å²) in [5, 5.41) is 0. The molecule has 0 unspecified atom stereocenters. The molecule has 0 aliphatic carbocycles. The van der Waals surface area contributed by atoms with Crippen molar-refractivity contribution in [2.45, 2.75) is 65.8 Å². The molecule has 7 nitrogen and oxygen atoms in total. The number of hydrogen-bond donors (Lipinski definition) is 1. The van der Waals surface area contributed by atoms with E-state index < -0.39 is 0 Å². The van der Waals surface area contributed by atoms with Gasteiger partial charge >= 0.3 is 0 Å². The van der Waals surface area contributed by atoms with Crippen molar-refractivity contribution < 1.29 is 4.74 Å². The van der Waals surface area contributed by atoms with Crippen LogP contribution in [-0.4, -0.2) is 63.2 Å². The standard InChI is InChI=1S/C20H26N6OS.2C4H10/c1-16-23-19-14-22-7-6-20(19)25(16)15-17-2-4-18(5-3-17)28-26(21)9-8-24-10-12-27-13-11-24;1-4(2)3;1-3-4-2/h2-7,14H,8-13,15,21H2,1H3;4H,1-3H3;3-4H2,1-2H3. The number of pyridine rings is 1. The Morgan fingerprint density at radius 3 is 2.31 bits per heavy atom. The zero-order valence-corrected chi connectivity index (χ0v) is 23.9. The lowest BCUT2D eigenvalue weighted by Gasteiger charge is -2.28. The van der Waals surface area contributed by atoms with Crippen LogP contribution in [0.15, 0.2) is 47.6 Å². The third kappa shape index (κ3) is 11.0. The fourth-order valence-corrected chi connectivity index (χ4v) is 4.09. The van der Waals surface area contributed by atoms with E-state index in [1.807, 2.05) is 29.8 Å². The predicted molar refractivity (Wildman–Crippen MR) is 153 cm³/mol. The highest BCUT2D eigenvalue weighted by Gasteiger charge is 2.12. The Bertz CT molecular complexity index is 981. The van der Waals surface area contributed by atoms with Crippen LogP contribution in [0.4, 0.5) is 0 Å². The van der Waals surface area contributed by atoms with Crippen LogP contribution in [0.3, 0.4) is 0 Å². The number of ether oxygens (including phenoxy) is 1. The van der Waals surface area contributed by atoms with E-state index in [4.69, 9.17) is 10.6 Å². The molecular formula is C28H46N6OS. The summed E-state index contributed by atoms with van der Waals surface area (Å²) in [6.45, 7) is 19.1. The summed E-state index contributed by atoms with van der Waals surface area (Å²) < 4.78 is 9.41. The SMILES string of the molecule is CC(C)C.CCCC.Cc1nc2cnccc2n1Cc1ccc(SN(N)CCN2CCOCC2)cc1. The largest absolute Gasteiger partial charge is 0.379 e. The van der Waals surface area contributed by atoms with Crippen LogP contribution in [0.25, 0.3) is 11.0 Å². The van der Waals surface area contributed by atoms with Gasteiger partial charge in [-0.25, -0.2) is 4.98 Å². The fourth-order valence-electron chi connectivity index (χ4n) is 3.39. The summed E-state index contributed by atoms with van der Waals surface area (Å²) in [5.41, 5.74) is 3.29. The number of benzene rings is 1. The van der Waals surface area contributed by atoms with Crippen LogP contribution < -0.4 is 5.84 Å². The normalized spacial score (nSPS) is 13.9. The molecular weight excluding hydrogens is 468 g/mol. The molecule has 3 aromatic rings. The molecule has 0 bridgehead atoms. The molecule has 3 heterocycles. The molecule has 1 fully saturated rings. The van der Waals surface area contributed by atoms with Crippen molar-refractivity contribution in [2.75, 3.05) is 39.4 Å². The van der Waals surface area contributed by atoms with Crippen molar-refractivity contribution in [3.8, 4) is 0 Å². The molecule has 8 heteroatoms. The summed E-state index contributed by atoms with van der Waals surface area (Å²) >= 11 is 1.58. The number of aromatic nitrogens is 3. The molecule has 200 valence electrons. The van der Waals surface area contributed by atoms with E-state index in [0.717, 1.165) is 73.6 Å². The minimum atomic E-state index is 0.792. The van der Waals surface area contributed by atoms with Gasteiger partial charge in [-0.1, -0.05) is 59.6 Å². The van der Waals surface area contributed by atoms with Crippen molar-refractivity contribution in [2.24, 2.45) is 11.8 Å². The highest BCUT2D eigenvalue weighted by Crippen LogP contribution is 2.22. The number of nitrogens with two attached hydrogens (primary N) is 1. The topological polar surface area (TPSA) is 72.4 Å². The number of nitrogens with zero attached hydrogens (tertiary/aromatic N) is 5. The molecule has 0 atom stereocenters. The third-order valence-electron chi connectivity index (χ3n) is 5.47. The number of unbranched alkanes of at least 4 members (excludes halogenated alkanes) is 1. The van der Waals surface area contributed by atoms with Crippen molar-refractivity contribution in [1.82, 2.24) is 23.8 Å². The van der Waals surface area contributed by atoms with Gasteiger partial charge in [0.2, 0.25) is 0 Å². The maximum absolute atomic E-state index is 6.17. The molecule has 0 saturated carbocycles. The van der Waals surface area contributed by atoms with Gasteiger partial charge < -0.3 is 9.30 Å². The lowest BCUT2D eigenvalue weighted by molar-refractivity contribution is 0.0365. The van der Waals surface area contributed by atoms with Crippen LogP contribution in [-0.2, 0) is 11.3 Å². The summed E-state index contributed by atoms with van der Waals surface area (Å²) in [6, 6.07) is 10.6. The first kappa shape index (κ1) is 30.3. The number of imidazole rings is 1. The van der Waals surface area contributed by atoms with E-state index in [2.05, 4.69) is 78.3 Å². The number of hydrazine groups is 1. The molecule has 0 spiro atoms. The highest BCUT2D eigenvalue weighted by atomic mass is 32.2. The van der Waals surface area contributed by atoms with Gasteiger partial charge in [0.05, 0.1) is 24.9 Å². The van der Waals surface area contributed by atoms with Crippen molar-refractivity contribution in [3.63, 3.8) is 0 Å². The van der Waals surface area contributed by atoms with E-state index in [9.17, 15) is 0 Å². The molecule has 2 N–H and O–H groups in total. The van der Waals surface area contributed by atoms with Gasteiger partial charge in [0, 0.05) is 43.8 Å². The predicted octanol–water partition coefficient (Wildman–Crippen LogP) is 5.77. The molecule has 36 heavy (non-hydrogen) atoms. The summed E-state index contributed by atoms with van der Waals surface area (Å²) in [7, 11) is 0. The highest BCUT2D eigenvalue weighted by molar-refractivity contribution is 7.97. The van der Waals surface area contributed by atoms with Crippen molar-refractivity contribution in [1.29, 1.82) is 0 Å².